The Morgan fingerprint density at radius 1 is 1.05 bits per heavy atom. The maximum absolute atomic E-state index is 12.9. The normalized spacial score (nSPS) is 11.7. The average molecular weight is 319 g/mol. The molecule has 0 aromatic heterocycles. The zero-order valence-corrected chi connectivity index (χ0v) is 12.2. The Morgan fingerprint density at radius 2 is 1.55 bits per heavy atom. The van der Waals surface area contributed by atoms with Gasteiger partial charge in [0.1, 0.15) is 10.8 Å². The first kappa shape index (κ1) is 15.9. The van der Waals surface area contributed by atoms with Crippen molar-refractivity contribution in [1.82, 2.24) is 5.43 Å². The number of nitrogens with one attached hydrogen (secondary N) is 1. The van der Waals surface area contributed by atoms with E-state index in [4.69, 9.17) is 16.7 Å². The third-order valence-electron chi connectivity index (χ3n) is 2.86. The van der Waals surface area contributed by atoms with Gasteiger partial charge in [-0.1, -0.05) is 36.0 Å². The quantitative estimate of drug-likeness (QED) is 0.292. The lowest BCUT2D eigenvalue weighted by atomic mass is 10.1. The lowest BCUT2D eigenvalue weighted by Gasteiger charge is -2.08. The van der Waals surface area contributed by atoms with Crippen LogP contribution in [-0.4, -0.2) is 11.1 Å². The Bertz CT molecular complexity index is 700. The molecule has 2 rings (SSSR count). The van der Waals surface area contributed by atoms with Crippen LogP contribution in [0.25, 0.3) is 11.1 Å². The number of carboxylic acids is 1. The minimum Gasteiger partial charge on any atom is -0.476 e. The van der Waals surface area contributed by atoms with E-state index in [0.29, 0.717) is 0 Å². The molecular weight excluding hydrogens is 305 g/mol. The van der Waals surface area contributed by atoms with Crippen molar-refractivity contribution < 1.29 is 14.3 Å². The van der Waals surface area contributed by atoms with Crippen molar-refractivity contribution in [2.75, 3.05) is 0 Å². The van der Waals surface area contributed by atoms with Gasteiger partial charge in [0.2, 0.25) is 0 Å². The van der Waals surface area contributed by atoms with E-state index in [-0.39, 0.29) is 16.5 Å². The number of aliphatic carboxylic acids is 1. The standard InChI is InChI=1S/C15H14FN3O2S/c16-11-5-1-9(2-6-11)10-3-7-12(8-4-10)22-14(17)13(19-18)15(20)21/h1-8,19H,17-18H2,(H,20,21)/b14-13+. The number of nitrogens with two attached hydrogens (primary N) is 2. The molecule has 22 heavy (non-hydrogen) atoms. The first-order valence-corrected chi connectivity index (χ1v) is 7.06. The van der Waals surface area contributed by atoms with Gasteiger partial charge in [-0.15, -0.1) is 0 Å². The maximum atomic E-state index is 12.9. The Morgan fingerprint density at radius 3 is 2.00 bits per heavy atom. The van der Waals surface area contributed by atoms with E-state index in [1.807, 2.05) is 12.1 Å². The Kier molecular flexibility index (Phi) is 5.03. The number of thioether (sulfide) groups is 1. The van der Waals surface area contributed by atoms with Crippen molar-refractivity contribution in [3.63, 3.8) is 0 Å². The van der Waals surface area contributed by atoms with Crippen LogP contribution in [0.4, 0.5) is 4.39 Å². The number of benzene rings is 2. The van der Waals surface area contributed by atoms with Gasteiger partial charge < -0.3 is 16.3 Å². The van der Waals surface area contributed by atoms with Crippen molar-refractivity contribution in [3.8, 4) is 11.1 Å². The summed E-state index contributed by atoms with van der Waals surface area (Å²) in [4.78, 5) is 11.7. The van der Waals surface area contributed by atoms with Gasteiger partial charge in [-0.25, -0.2) is 9.18 Å². The molecule has 6 N–H and O–H groups in total. The molecular formula is C15H14FN3O2S. The van der Waals surface area contributed by atoms with Gasteiger partial charge in [-0.2, -0.15) is 0 Å². The summed E-state index contributed by atoms with van der Waals surface area (Å²) in [6, 6.07) is 13.4. The third-order valence-corrected chi connectivity index (χ3v) is 3.80. The summed E-state index contributed by atoms with van der Waals surface area (Å²) in [7, 11) is 0. The second-order valence-corrected chi connectivity index (χ2v) is 5.44. The lowest BCUT2D eigenvalue weighted by molar-refractivity contribution is -0.133. The molecule has 0 aliphatic heterocycles. The van der Waals surface area contributed by atoms with E-state index in [2.05, 4.69) is 5.43 Å². The predicted molar refractivity (Wildman–Crippen MR) is 83.9 cm³/mol. The zero-order valence-electron chi connectivity index (χ0n) is 11.4. The second-order valence-electron chi connectivity index (χ2n) is 4.32. The summed E-state index contributed by atoms with van der Waals surface area (Å²) in [5.74, 6) is 3.61. The van der Waals surface area contributed by atoms with Gasteiger partial charge in [-0.05, 0) is 35.4 Å². The molecule has 114 valence electrons. The summed E-state index contributed by atoms with van der Waals surface area (Å²) >= 11 is 1.09. The Balaban J connectivity index is 2.19. The van der Waals surface area contributed by atoms with Gasteiger partial charge in [-0.3, -0.25) is 5.84 Å². The highest BCUT2D eigenvalue weighted by Gasteiger charge is 2.12. The van der Waals surface area contributed by atoms with Crippen molar-refractivity contribution in [2.45, 2.75) is 4.90 Å². The summed E-state index contributed by atoms with van der Waals surface area (Å²) in [5, 5.41) is 8.97. The molecule has 5 nitrogen and oxygen atoms in total. The molecule has 0 amide bonds. The summed E-state index contributed by atoms with van der Waals surface area (Å²) < 4.78 is 12.9. The fraction of sp³-hybridized carbons (Fsp3) is 0. The topological polar surface area (TPSA) is 101 Å². The van der Waals surface area contributed by atoms with Crippen molar-refractivity contribution in [3.05, 3.63) is 65.1 Å². The molecule has 7 heteroatoms. The van der Waals surface area contributed by atoms with Gasteiger partial charge in [0.15, 0.2) is 5.70 Å². The SMILES string of the molecule is NN/C(C(=O)O)=C(\N)Sc1ccc(-c2ccc(F)cc2)cc1. The van der Waals surface area contributed by atoms with Crippen molar-refractivity contribution in [2.24, 2.45) is 11.6 Å². The summed E-state index contributed by atoms with van der Waals surface area (Å²) in [6.07, 6.45) is 0. The molecule has 0 radical (unpaired) electrons. The number of halogens is 1. The van der Waals surface area contributed by atoms with Gasteiger partial charge >= 0.3 is 5.97 Å². The molecule has 0 fully saturated rings. The molecule has 0 atom stereocenters. The Labute approximate surface area is 130 Å². The number of carbonyl (C=O) groups is 1. The van der Waals surface area contributed by atoms with E-state index < -0.39 is 5.97 Å². The first-order chi connectivity index (χ1) is 10.5. The minimum atomic E-state index is -1.23. The summed E-state index contributed by atoms with van der Waals surface area (Å²) in [6.45, 7) is 0. The van der Waals surface area contributed by atoms with Crippen LogP contribution in [0, 0.1) is 5.82 Å². The van der Waals surface area contributed by atoms with Crippen molar-refractivity contribution >= 4 is 17.7 Å². The van der Waals surface area contributed by atoms with E-state index in [1.54, 1.807) is 24.3 Å². The van der Waals surface area contributed by atoms with E-state index in [9.17, 15) is 9.18 Å². The molecule has 0 saturated heterocycles. The molecule has 0 bridgehead atoms. The Hall–Kier alpha value is -2.51. The van der Waals surface area contributed by atoms with Crippen LogP contribution in [0.15, 0.2) is 64.2 Å². The zero-order chi connectivity index (χ0) is 16.1. The van der Waals surface area contributed by atoms with Crippen LogP contribution < -0.4 is 17.0 Å². The average Bonchev–Trinajstić information content (AvgIpc) is 2.49. The third kappa shape index (κ3) is 3.78. The fourth-order valence-electron chi connectivity index (χ4n) is 1.77. The van der Waals surface area contributed by atoms with Gasteiger partial charge in [0.05, 0.1) is 0 Å². The number of hydrogen-bond acceptors (Lipinski definition) is 5. The van der Waals surface area contributed by atoms with Crippen LogP contribution in [-0.2, 0) is 4.79 Å². The second kappa shape index (κ2) is 6.97. The van der Waals surface area contributed by atoms with Crippen LogP contribution in [0.3, 0.4) is 0 Å². The molecule has 0 aliphatic carbocycles. The molecule has 0 heterocycles. The number of hydrogen-bond donors (Lipinski definition) is 4. The molecule has 2 aromatic carbocycles. The number of rotatable bonds is 5. The minimum absolute atomic E-state index is 0.0598. The maximum Gasteiger partial charge on any atom is 0.356 e. The van der Waals surface area contributed by atoms with E-state index >= 15 is 0 Å². The van der Waals surface area contributed by atoms with E-state index in [0.717, 1.165) is 27.8 Å². The van der Waals surface area contributed by atoms with Crippen LogP contribution in [0.5, 0.6) is 0 Å². The smallest absolute Gasteiger partial charge is 0.356 e. The molecule has 0 aliphatic rings. The number of carboxylic acid groups (broad SMARTS) is 1. The van der Waals surface area contributed by atoms with Crippen LogP contribution in [0.1, 0.15) is 0 Å². The molecule has 0 saturated carbocycles. The lowest BCUT2D eigenvalue weighted by Crippen LogP contribution is -2.29. The van der Waals surface area contributed by atoms with Gasteiger partial charge in [0, 0.05) is 4.90 Å². The van der Waals surface area contributed by atoms with Crippen molar-refractivity contribution in [1.29, 1.82) is 0 Å². The van der Waals surface area contributed by atoms with Crippen LogP contribution in [0.2, 0.25) is 0 Å². The summed E-state index contributed by atoms with van der Waals surface area (Å²) in [5.41, 5.74) is 9.32. The number of hydrazine groups is 1. The van der Waals surface area contributed by atoms with Gasteiger partial charge in [0.25, 0.3) is 0 Å². The highest BCUT2D eigenvalue weighted by Crippen LogP contribution is 2.28. The predicted octanol–water partition coefficient (Wildman–Crippen LogP) is 2.26. The monoisotopic (exact) mass is 319 g/mol. The van der Waals surface area contributed by atoms with Crippen LogP contribution >= 0.6 is 11.8 Å². The highest BCUT2D eigenvalue weighted by molar-refractivity contribution is 8.03. The fourth-order valence-corrected chi connectivity index (χ4v) is 2.55. The van der Waals surface area contributed by atoms with E-state index in [1.165, 1.54) is 12.1 Å². The first-order valence-electron chi connectivity index (χ1n) is 6.25. The highest BCUT2D eigenvalue weighted by atomic mass is 32.2. The molecule has 0 spiro atoms. The largest absolute Gasteiger partial charge is 0.476 e. The molecule has 2 aromatic rings. The molecule has 0 unspecified atom stereocenters.